The molecule has 3 nitrogen and oxygen atoms in total. The zero-order chi connectivity index (χ0) is 14.3. The molecule has 0 bridgehead atoms. The maximum Gasteiger partial charge on any atom is 0.257 e. The SMILES string of the molecule is Nc1ccc2c(c1)CN(C(=O)c1ccc(Br)cc1F)C2. The molecular formula is C15H12BrFN2O. The molecule has 0 unspecified atom stereocenters. The van der Waals surface area contributed by atoms with Crippen LogP contribution in [0.5, 0.6) is 0 Å². The van der Waals surface area contributed by atoms with E-state index in [4.69, 9.17) is 5.73 Å². The predicted octanol–water partition coefficient (Wildman–Crippen LogP) is 3.33. The van der Waals surface area contributed by atoms with Crippen LogP contribution in [0.25, 0.3) is 0 Å². The van der Waals surface area contributed by atoms with Crippen molar-refractivity contribution < 1.29 is 9.18 Å². The third-order valence-corrected chi connectivity index (χ3v) is 3.89. The molecule has 20 heavy (non-hydrogen) atoms. The average molecular weight is 335 g/mol. The molecule has 5 heteroatoms. The Kier molecular flexibility index (Phi) is 3.22. The van der Waals surface area contributed by atoms with Gasteiger partial charge in [0.1, 0.15) is 5.82 Å². The summed E-state index contributed by atoms with van der Waals surface area (Å²) in [4.78, 5) is 14.0. The summed E-state index contributed by atoms with van der Waals surface area (Å²) in [6.45, 7) is 0.957. The number of carbonyl (C=O) groups excluding carboxylic acids is 1. The van der Waals surface area contributed by atoms with Gasteiger partial charge in [0.05, 0.1) is 5.56 Å². The van der Waals surface area contributed by atoms with Crippen LogP contribution in [-0.2, 0) is 13.1 Å². The lowest BCUT2D eigenvalue weighted by Gasteiger charge is -2.15. The molecule has 2 aromatic carbocycles. The van der Waals surface area contributed by atoms with Crippen molar-refractivity contribution in [2.75, 3.05) is 5.73 Å². The Bertz CT molecular complexity index is 702. The Morgan fingerprint density at radius 3 is 2.65 bits per heavy atom. The number of nitrogens with two attached hydrogens (primary N) is 1. The first-order valence-corrected chi connectivity index (χ1v) is 6.95. The Balaban J connectivity index is 1.87. The van der Waals surface area contributed by atoms with Gasteiger partial charge in [0, 0.05) is 23.2 Å². The third kappa shape index (κ3) is 2.29. The molecule has 0 radical (unpaired) electrons. The largest absolute Gasteiger partial charge is 0.399 e. The molecule has 102 valence electrons. The van der Waals surface area contributed by atoms with Crippen molar-refractivity contribution in [2.45, 2.75) is 13.1 Å². The van der Waals surface area contributed by atoms with E-state index < -0.39 is 5.82 Å². The van der Waals surface area contributed by atoms with Crippen LogP contribution >= 0.6 is 15.9 Å². The van der Waals surface area contributed by atoms with E-state index in [9.17, 15) is 9.18 Å². The van der Waals surface area contributed by atoms with E-state index in [2.05, 4.69) is 15.9 Å². The highest BCUT2D eigenvalue weighted by Gasteiger charge is 2.26. The van der Waals surface area contributed by atoms with Crippen molar-refractivity contribution in [2.24, 2.45) is 0 Å². The molecule has 3 rings (SSSR count). The molecule has 2 N–H and O–H groups in total. The minimum Gasteiger partial charge on any atom is -0.399 e. The Hall–Kier alpha value is -1.88. The lowest BCUT2D eigenvalue weighted by atomic mass is 10.1. The number of anilines is 1. The zero-order valence-electron chi connectivity index (χ0n) is 10.6. The fraction of sp³-hybridized carbons (Fsp3) is 0.133. The number of benzene rings is 2. The smallest absolute Gasteiger partial charge is 0.257 e. The van der Waals surface area contributed by atoms with Crippen molar-refractivity contribution in [3.05, 3.63) is 63.4 Å². The number of hydrogen-bond donors (Lipinski definition) is 1. The monoisotopic (exact) mass is 334 g/mol. The second kappa shape index (κ2) is 4.90. The molecular weight excluding hydrogens is 323 g/mol. The predicted molar refractivity (Wildman–Crippen MR) is 78.5 cm³/mol. The van der Waals surface area contributed by atoms with E-state index in [0.717, 1.165) is 11.1 Å². The van der Waals surface area contributed by atoms with Gasteiger partial charge in [-0.3, -0.25) is 4.79 Å². The van der Waals surface area contributed by atoms with Crippen LogP contribution in [0.1, 0.15) is 21.5 Å². The number of rotatable bonds is 1. The number of halogens is 2. The highest BCUT2D eigenvalue weighted by atomic mass is 79.9. The van der Waals surface area contributed by atoms with Gasteiger partial charge in [-0.2, -0.15) is 0 Å². The molecule has 1 aliphatic rings. The van der Waals surface area contributed by atoms with Gasteiger partial charge in [0.15, 0.2) is 0 Å². The normalized spacial score (nSPS) is 13.4. The quantitative estimate of drug-likeness (QED) is 0.813. The fourth-order valence-corrected chi connectivity index (χ4v) is 2.72. The van der Waals surface area contributed by atoms with E-state index in [1.54, 1.807) is 11.0 Å². The highest BCUT2D eigenvalue weighted by molar-refractivity contribution is 9.10. The second-order valence-corrected chi connectivity index (χ2v) is 5.73. The van der Waals surface area contributed by atoms with Gasteiger partial charge < -0.3 is 10.6 Å². The minimum absolute atomic E-state index is 0.0916. The number of carbonyl (C=O) groups is 1. The number of nitrogen functional groups attached to an aromatic ring is 1. The van der Waals surface area contributed by atoms with Gasteiger partial charge in [-0.05, 0) is 41.5 Å². The van der Waals surface area contributed by atoms with Crippen molar-refractivity contribution in [3.63, 3.8) is 0 Å². The molecule has 1 amide bonds. The Morgan fingerprint density at radius 2 is 1.90 bits per heavy atom. The van der Waals surface area contributed by atoms with Gasteiger partial charge in [-0.25, -0.2) is 4.39 Å². The van der Waals surface area contributed by atoms with E-state index >= 15 is 0 Å². The lowest BCUT2D eigenvalue weighted by Crippen LogP contribution is -2.26. The Morgan fingerprint density at radius 1 is 1.15 bits per heavy atom. The lowest BCUT2D eigenvalue weighted by molar-refractivity contribution is 0.0746. The number of amides is 1. The molecule has 1 heterocycles. The summed E-state index contributed by atoms with van der Waals surface area (Å²) in [5.74, 6) is -0.815. The first-order valence-electron chi connectivity index (χ1n) is 6.16. The number of fused-ring (bicyclic) bond motifs is 1. The van der Waals surface area contributed by atoms with Crippen LogP contribution in [0.3, 0.4) is 0 Å². The summed E-state index contributed by atoms with van der Waals surface area (Å²) >= 11 is 3.18. The molecule has 0 saturated carbocycles. The van der Waals surface area contributed by atoms with Crippen LogP contribution in [0, 0.1) is 5.82 Å². The molecule has 0 saturated heterocycles. The van der Waals surface area contributed by atoms with Crippen LogP contribution in [0.15, 0.2) is 40.9 Å². The molecule has 1 aliphatic heterocycles. The molecule has 0 atom stereocenters. The van der Waals surface area contributed by atoms with Gasteiger partial charge in [0.25, 0.3) is 5.91 Å². The van der Waals surface area contributed by atoms with Crippen molar-refractivity contribution in [1.29, 1.82) is 0 Å². The van der Waals surface area contributed by atoms with E-state index in [1.165, 1.54) is 12.1 Å². The van der Waals surface area contributed by atoms with Crippen LogP contribution in [-0.4, -0.2) is 10.8 Å². The first kappa shape index (κ1) is 13.1. The summed E-state index contributed by atoms with van der Waals surface area (Å²) < 4.78 is 14.5. The summed E-state index contributed by atoms with van der Waals surface area (Å²) in [5.41, 5.74) is 8.59. The third-order valence-electron chi connectivity index (χ3n) is 3.40. The molecule has 0 aliphatic carbocycles. The first-order chi connectivity index (χ1) is 9.54. The minimum atomic E-state index is -0.514. The molecule has 2 aromatic rings. The van der Waals surface area contributed by atoms with E-state index in [1.807, 2.05) is 18.2 Å². The molecule has 0 aromatic heterocycles. The van der Waals surface area contributed by atoms with E-state index in [0.29, 0.717) is 23.2 Å². The average Bonchev–Trinajstić information content (AvgIpc) is 2.81. The number of nitrogens with zero attached hydrogens (tertiary/aromatic N) is 1. The van der Waals surface area contributed by atoms with Crippen molar-refractivity contribution >= 4 is 27.5 Å². The van der Waals surface area contributed by atoms with Crippen molar-refractivity contribution in [3.8, 4) is 0 Å². The highest BCUT2D eigenvalue weighted by Crippen LogP contribution is 2.27. The van der Waals surface area contributed by atoms with Gasteiger partial charge in [-0.1, -0.05) is 22.0 Å². The molecule has 0 spiro atoms. The van der Waals surface area contributed by atoms with Crippen LogP contribution in [0.2, 0.25) is 0 Å². The topological polar surface area (TPSA) is 46.3 Å². The van der Waals surface area contributed by atoms with E-state index in [-0.39, 0.29) is 11.5 Å². The number of hydrogen-bond acceptors (Lipinski definition) is 2. The van der Waals surface area contributed by atoms with Gasteiger partial charge in [0.2, 0.25) is 0 Å². The second-order valence-electron chi connectivity index (χ2n) is 4.81. The van der Waals surface area contributed by atoms with Gasteiger partial charge in [-0.15, -0.1) is 0 Å². The summed E-state index contributed by atoms with van der Waals surface area (Å²) in [7, 11) is 0. The molecule has 0 fully saturated rings. The fourth-order valence-electron chi connectivity index (χ4n) is 2.39. The maximum atomic E-state index is 13.8. The Labute approximate surface area is 124 Å². The summed E-state index contributed by atoms with van der Waals surface area (Å²) in [5, 5.41) is 0. The maximum absolute atomic E-state index is 13.8. The summed E-state index contributed by atoms with van der Waals surface area (Å²) in [6, 6.07) is 10.1. The van der Waals surface area contributed by atoms with Crippen LogP contribution in [0.4, 0.5) is 10.1 Å². The van der Waals surface area contributed by atoms with Crippen molar-refractivity contribution in [1.82, 2.24) is 4.90 Å². The van der Waals surface area contributed by atoms with Gasteiger partial charge >= 0.3 is 0 Å². The zero-order valence-corrected chi connectivity index (χ0v) is 12.2. The summed E-state index contributed by atoms with van der Waals surface area (Å²) in [6.07, 6.45) is 0. The standard InChI is InChI=1S/C15H12BrFN2O/c16-11-2-4-13(14(17)6-11)15(20)19-7-9-1-3-12(18)5-10(9)8-19/h1-6H,7-8,18H2. The van der Waals surface area contributed by atoms with Crippen LogP contribution < -0.4 is 5.73 Å².